The van der Waals surface area contributed by atoms with Crippen LogP contribution < -0.4 is 4.74 Å². The Morgan fingerprint density at radius 2 is 2.10 bits per heavy atom. The van der Waals surface area contributed by atoms with E-state index in [4.69, 9.17) is 14.2 Å². The van der Waals surface area contributed by atoms with Crippen molar-refractivity contribution < 1.29 is 14.2 Å². The number of ether oxygens (including phenoxy) is 3. The third-order valence-electron chi connectivity index (χ3n) is 4.57. The van der Waals surface area contributed by atoms with E-state index < -0.39 is 0 Å². The van der Waals surface area contributed by atoms with Crippen molar-refractivity contribution in [3.05, 3.63) is 29.3 Å². The molecule has 2 fully saturated rings. The lowest BCUT2D eigenvalue weighted by atomic mass is 9.85. The molecule has 1 atom stereocenters. The molecule has 3 nitrogen and oxygen atoms in total. The standard InChI is InChI=1S/C17H23BrO3/c1-13-3-2-4-14(12-18)16(13)21-15-5-8-20-17(11-15)6-9-19-10-7-17/h2-4,15H,5-12H2,1H3. The van der Waals surface area contributed by atoms with Gasteiger partial charge in [0, 0.05) is 36.9 Å². The molecule has 1 unspecified atom stereocenters. The fourth-order valence-electron chi connectivity index (χ4n) is 3.33. The van der Waals surface area contributed by atoms with E-state index in [9.17, 15) is 0 Å². The van der Waals surface area contributed by atoms with Crippen LogP contribution in [0.2, 0.25) is 0 Å². The van der Waals surface area contributed by atoms with Crippen molar-refractivity contribution in [3.63, 3.8) is 0 Å². The fourth-order valence-corrected chi connectivity index (χ4v) is 3.77. The minimum absolute atomic E-state index is 0.0155. The molecule has 0 saturated carbocycles. The van der Waals surface area contributed by atoms with Crippen LogP contribution in [0.25, 0.3) is 0 Å². The topological polar surface area (TPSA) is 27.7 Å². The summed E-state index contributed by atoms with van der Waals surface area (Å²) in [6.45, 7) is 4.53. The second-order valence-electron chi connectivity index (χ2n) is 6.07. The van der Waals surface area contributed by atoms with E-state index >= 15 is 0 Å². The lowest BCUT2D eigenvalue weighted by molar-refractivity contribution is -0.155. The van der Waals surface area contributed by atoms with Crippen LogP contribution in [0, 0.1) is 6.92 Å². The number of hydrogen-bond acceptors (Lipinski definition) is 3. The number of halogens is 1. The molecule has 0 bridgehead atoms. The third-order valence-corrected chi connectivity index (χ3v) is 5.18. The Kier molecular flexibility index (Phi) is 4.87. The summed E-state index contributed by atoms with van der Waals surface area (Å²) < 4.78 is 18.0. The Morgan fingerprint density at radius 1 is 1.29 bits per heavy atom. The molecule has 2 aliphatic heterocycles. The highest BCUT2D eigenvalue weighted by atomic mass is 79.9. The minimum Gasteiger partial charge on any atom is -0.490 e. The summed E-state index contributed by atoms with van der Waals surface area (Å²) in [5.74, 6) is 1.04. The van der Waals surface area contributed by atoms with Gasteiger partial charge in [0.15, 0.2) is 0 Å². The maximum Gasteiger partial charge on any atom is 0.126 e. The first-order chi connectivity index (χ1) is 10.2. The average Bonchev–Trinajstić information content (AvgIpc) is 2.50. The highest BCUT2D eigenvalue weighted by Gasteiger charge is 2.40. The zero-order valence-corrected chi connectivity index (χ0v) is 14.2. The van der Waals surface area contributed by atoms with E-state index in [1.807, 2.05) is 0 Å². The van der Waals surface area contributed by atoms with E-state index in [1.54, 1.807) is 0 Å². The van der Waals surface area contributed by atoms with Gasteiger partial charge in [0.2, 0.25) is 0 Å². The summed E-state index contributed by atoms with van der Waals surface area (Å²) in [4.78, 5) is 0. The molecule has 21 heavy (non-hydrogen) atoms. The first-order valence-corrected chi connectivity index (χ1v) is 8.87. The van der Waals surface area contributed by atoms with E-state index in [1.165, 1.54) is 11.1 Å². The molecule has 0 amide bonds. The smallest absolute Gasteiger partial charge is 0.126 e. The fraction of sp³-hybridized carbons (Fsp3) is 0.647. The van der Waals surface area contributed by atoms with E-state index in [-0.39, 0.29) is 11.7 Å². The van der Waals surface area contributed by atoms with Crippen LogP contribution in [0.3, 0.4) is 0 Å². The summed E-state index contributed by atoms with van der Waals surface area (Å²) in [7, 11) is 0. The van der Waals surface area contributed by atoms with E-state index in [0.717, 1.165) is 56.6 Å². The van der Waals surface area contributed by atoms with Crippen molar-refractivity contribution in [2.24, 2.45) is 0 Å². The zero-order valence-electron chi connectivity index (χ0n) is 12.6. The highest BCUT2D eigenvalue weighted by Crippen LogP contribution is 2.37. The monoisotopic (exact) mass is 354 g/mol. The Balaban J connectivity index is 1.73. The Bertz CT molecular complexity index is 477. The van der Waals surface area contributed by atoms with Crippen LogP contribution in [-0.2, 0) is 14.8 Å². The van der Waals surface area contributed by atoms with Gasteiger partial charge in [-0.15, -0.1) is 0 Å². The van der Waals surface area contributed by atoms with Crippen LogP contribution in [0.5, 0.6) is 5.75 Å². The maximum atomic E-state index is 6.38. The molecule has 0 N–H and O–H groups in total. The van der Waals surface area contributed by atoms with Crippen molar-refractivity contribution >= 4 is 15.9 Å². The molecule has 1 aromatic carbocycles. The number of para-hydroxylation sites is 1. The molecule has 2 aliphatic rings. The van der Waals surface area contributed by atoms with Gasteiger partial charge in [-0.05, 0) is 25.3 Å². The van der Waals surface area contributed by atoms with Crippen LogP contribution in [-0.4, -0.2) is 31.5 Å². The largest absolute Gasteiger partial charge is 0.490 e. The third kappa shape index (κ3) is 3.43. The van der Waals surface area contributed by atoms with Crippen molar-refractivity contribution in [1.29, 1.82) is 0 Å². The quantitative estimate of drug-likeness (QED) is 0.768. The molecule has 1 spiro atoms. The summed E-state index contributed by atoms with van der Waals surface area (Å²) in [6, 6.07) is 6.33. The van der Waals surface area contributed by atoms with Gasteiger partial charge < -0.3 is 14.2 Å². The Hall–Kier alpha value is -0.580. The summed E-state index contributed by atoms with van der Waals surface area (Å²) in [5, 5.41) is 0.826. The second-order valence-corrected chi connectivity index (χ2v) is 6.63. The van der Waals surface area contributed by atoms with Crippen molar-refractivity contribution in [1.82, 2.24) is 0 Å². The van der Waals surface area contributed by atoms with Crippen LogP contribution in [0.4, 0.5) is 0 Å². The average molecular weight is 355 g/mol. The lowest BCUT2D eigenvalue weighted by Crippen LogP contribution is -2.47. The van der Waals surface area contributed by atoms with Gasteiger partial charge in [0.05, 0.1) is 12.2 Å². The molecule has 3 rings (SSSR count). The van der Waals surface area contributed by atoms with Crippen molar-refractivity contribution in [2.75, 3.05) is 19.8 Å². The highest BCUT2D eigenvalue weighted by molar-refractivity contribution is 9.08. The van der Waals surface area contributed by atoms with Gasteiger partial charge >= 0.3 is 0 Å². The summed E-state index contributed by atoms with van der Waals surface area (Å²) in [6.07, 6.45) is 4.18. The molecule has 0 aliphatic carbocycles. The van der Waals surface area contributed by atoms with Crippen LogP contribution in [0.15, 0.2) is 18.2 Å². The zero-order chi connectivity index (χ0) is 14.7. The number of alkyl halides is 1. The molecular formula is C17H23BrO3. The summed E-state index contributed by atoms with van der Waals surface area (Å²) in [5.41, 5.74) is 2.42. The van der Waals surface area contributed by atoms with Crippen molar-refractivity contribution in [2.45, 2.75) is 49.6 Å². The van der Waals surface area contributed by atoms with Crippen molar-refractivity contribution in [3.8, 4) is 5.75 Å². The van der Waals surface area contributed by atoms with Crippen LogP contribution >= 0.6 is 15.9 Å². The molecule has 0 aromatic heterocycles. The second kappa shape index (κ2) is 6.67. The molecule has 4 heteroatoms. The number of hydrogen-bond donors (Lipinski definition) is 0. The predicted octanol–water partition coefficient (Wildman–Crippen LogP) is 4.00. The van der Waals surface area contributed by atoms with Gasteiger partial charge in [0.25, 0.3) is 0 Å². The van der Waals surface area contributed by atoms with Gasteiger partial charge in [-0.1, -0.05) is 34.1 Å². The maximum absolute atomic E-state index is 6.38. The van der Waals surface area contributed by atoms with Gasteiger partial charge in [-0.25, -0.2) is 0 Å². The van der Waals surface area contributed by atoms with Gasteiger partial charge in [0.1, 0.15) is 11.9 Å². The predicted molar refractivity (Wildman–Crippen MR) is 86.2 cm³/mol. The van der Waals surface area contributed by atoms with Crippen LogP contribution in [0.1, 0.15) is 36.8 Å². The normalized spacial score (nSPS) is 25.0. The van der Waals surface area contributed by atoms with Gasteiger partial charge in [-0.2, -0.15) is 0 Å². The minimum atomic E-state index is -0.0155. The molecule has 2 heterocycles. The number of benzene rings is 1. The lowest BCUT2D eigenvalue weighted by Gasteiger charge is -2.43. The molecule has 2 saturated heterocycles. The molecule has 1 aromatic rings. The number of aryl methyl sites for hydroxylation is 1. The molecule has 0 radical (unpaired) electrons. The molecular weight excluding hydrogens is 332 g/mol. The SMILES string of the molecule is Cc1cccc(CBr)c1OC1CCOC2(CCOCC2)C1. The van der Waals surface area contributed by atoms with E-state index in [0.29, 0.717) is 0 Å². The van der Waals surface area contributed by atoms with E-state index in [2.05, 4.69) is 41.1 Å². The Labute approximate surface area is 135 Å². The first kappa shape index (κ1) is 15.3. The Morgan fingerprint density at radius 3 is 2.86 bits per heavy atom. The number of rotatable bonds is 3. The first-order valence-electron chi connectivity index (χ1n) is 7.75. The van der Waals surface area contributed by atoms with Gasteiger partial charge in [-0.3, -0.25) is 0 Å². The molecule has 116 valence electrons. The summed E-state index contributed by atoms with van der Waals surface area (Å²) >= 11 is 3.56.